The zero-order chi connectivity index (χ0) is 22.0. The van der Waals surface area contributed by atoms with E-state index in [1.54, 1.807) is 30.8 Å². The molecule has 0 spiro atoms. The van der Waals surface area contributed by atoms with Crippen molar-refractivity contribution in [3.05, 3.63) is 65.9 Å². The van der Waals surface area contributed by atoms with Crippen molar-refractivity contribution in [3.8, 4) is 11.4 Å². The molecule has 0 bridgehead atoms. The minimum atomic E-state index is -0.279. The van der Waals surface area contributed by atoms with Gasteiger partial charge in [-0.2, -0.15) is 4.98 Å². The van der Waals surface area contributed by atoms with Gasteiger partial charge < -0.3 is 20.1 Å². The molecule has 3 aromatic heterocycles. The molecule has 3 heterocycles. The van der Waals surface area contributed by atoms with E-state index in [9.17, 15) is 9.59 Å². The van der Waals surface area contributed by atoms with E-state index in [-0.39, 0.29) is 24.4 Å². The van der Waals surface area contributed by atoms with Gasteiger partial charge in [0.05, 0.1) is 12.7 Å². The third-order valence-corrected chi connectivity index (χ3v) is 4.66. The molecule has 0 aliphatic rings. The first-order valence-corrected chi connectivity index (χ1v) is 9.54. The molecule has 0 saturated heterocycles. The lowest BCUT2D eigenvalue weighted by atomic mass is 10.1. The number of urea groups is 1. The van der Waals surface area contributed by atoms with Crippen LogP contribution in [0, 0.1) is 6.92 Å². The Morgan fingerprint density at radius 3 is 2.84 bits per heavy atom. The second-order valence-corrected chi connectivity index (χ2v) is 7.12. The van der Waals surface area contributed by atoms with Crippen LogP contribution in [0.5, 0.6) is 0 Å². The van der Waals surface area contributed by atoms with E-state index >= 15 is 0 Å². The number of anilines is 1. The highest BCUT2D eigenvalue weighted by atomic mass is 16.5. The third-order valence-electron chi connectivity index (χ3n) is 4.66. The van der Waals surface area contributed by atoms with Gasteiger partial charge in [-0.05, 0) is 30.7 Å². The zero-order valence-electron chi connectivity index (χ0n) is 17.3. The summed E-state index contributed by atoms with van der Waals surface area (Å²) >= 11 is 0. The second-order valence-electron chi connectivity index (χ2n) is 7.12. The van der Waals surface area contributed by atoms with Crippen LogP contribution in [-0.4, -0.2) is 50.5 Å². The standard InChI is InChI=1S/C21H21N7O3/c1-13-7-8-14(19-25-18(31-26-19)12-23-21(30)27(2)3)10-15(13)24-20(29)16-11-22-17-6-4-5-9-28(16)17/h4-11H,12H2,1-3H3,(H,23,30)(H,24,29). The first-order valence-electron chi connectivity index (χ1n) is 9.54. The Bertz CT molecular complexity index is 1260. The molecule has 158 valence electrons. The number of amides is 3. The summed E-state index contributed by atoms with van der Waals surface area (Å²) in [6, 6.07) is 10.8. The molecule has 0 radical (unpaired) electrons. The van der Waals surface area contributed by atoms with Gasteiger partial charge in [-0.15, -0.1) is 0 Å². The Hall–Kier alpha value is -4.21. The maximum Gasteiger partial charge on any atom is 0.317 e. The molecule has 3 amide bonds. The van der Waals surface area contributed by atoms with Crippen LogP contribution in [0.15, 0.2) is 53.3 Å². The van der Waals surface area contributed by atoms with Crippen molar-refractivity contribution in [1.29, 1.82) is 0 Å². The van der Waals surface area contributed by atoms with E-state index in [1.807, 2.05) is 37.3 Å². The van der Waals surface area contributed by atoms with E-state index in [0.29, 0.717) is 28.4 Å². The van der Waals surface area contributed by atoms with Gasteiger partial charge in [0, 0.05) is 31.5 Å². The molecule has 0 atom stereocenters. The Labute approximate surface area is 177 Å². The number of carbonyl (C=O) groups is 2. The van der Waals surface area contributed by atoms with Crippen molar-refractivity contribution >= 4 is 23.3 Å². The van der Waals surface area contributed by atoms with E-state index in [0.717, 1.165) is 5.56 Å². The van der Waals surface area contributed by atoms with E-state index in [1.165, 1.54) is 11.1 Å². The number of fused-ring (bicyclic) bond motifs is 1. The lowest BCUT2D eigenvalue weighted by Crippen LogP contribution is -2.33. The molecule has 0 fully saturated rings. The third kappa shape index (κ3) is 4.22. The van der Waals surface area contributed by atoms with Crippen LogP contribution >= 0.6 is 0 Å². The Morgan fingerprint density at radius 2 is 2.03 bits per heavy atom. The number of nitrogens with one attached hydrogen (secondary N) is 2. The summed E-state index contributed by atoms with van der Waals surface area (Å²) in [5.41, 5.74) is 3.30. The first-order chi connectivity index (χ1) is 14.9. The number of hydrogen-bond acceptors (Lipinski definition) is 6. The quantitative estimate of drug-likeness (QED) is 0.514. The van der Waals surface area contributed by atoms with Crippen molar-refractivity contribution in [1.82, 2.24) is 29.7 Å². The maximum atomic E-state index is 12.8. The predicted molar refractivity (Wildman–Crippen MR) is 114 cm³/mol. The SMILES string of the molecule is Cc1ccc(-c2noc(CNC(=O)N(C)C)n2)cc1NC(=O)c1cnc2ccccn12. The number of carbonyl (C=O) groups excluding carboxylic acids is 2. The summed E-state index contributed by atoms with van der Waals surface area (Å²) in [6.45, 7) is 2.01. The number of imidazole rings is 1. The first kappa shape index (κ1) is 20.1. The van der Waals surface area contributed by atoms with Gasteiger partial charge in [0.15, 0.2) is 0 Å². The molecule has 4 aromatic rings. The highest BCUT2D eigenvalue weighted by Gasteiger charge is 2.15. The fourth-order valence-electron chi connectivity index (χ4n) is 2.94. The summed E-state index contributed by atoms with van der Waals surface area (Å²) in [5, 5.41) is 9.56. The van der Waals surface area contributed by atoms with Crippen LogP contribution in [0.2, 0.25) is 0 Å². The molecule has 0 unspecified atom stereocenters. The molecular formula is C21H21N7O3. The summed E-state index contributed by atoms with van der Waals surface area (Å²) in [5.74, 6) is 0.362. The number of aryl methyl sites for hydroxylation is 1. The normalized spacial score (nSPS) is 10.8. The molecule has 2 N–H and O–H groups in total. The number of rotatable bonds is 5. The summed E-state index contributed by atoms with van der Waals surface area (Å²) in [7, 11) is 3.28. The smallest absolute Gasteiger partial charge is 0.317 e. The van der Waals surface area contributed by atoms with Crippen molar-refractivity contribution in [3.63, 3.8) is 0 Å². The summed E-state index contributed by atoms with van der Waals surface area (Å²) in [4.78, 5) is 34.4. The molecule has 1 aromatic carbocycles. The lowest BCUT2D eigenvalue weighted by molar-refractivity contribution is 0.102. The molecule has 4 rings (SSSR count). The topological polar surface area (TPSA) is 118 Å². The largest absolute Gasteiger partial charge is 0.337 e. The van der Waals surface area contributed by atoms with E-state index < -0.39 is 0 Å². The predicted octanol–water partition coefficient (Wildman–Crippen LogP) is 2.72. The van der Waals surface area contributed by atoms with Gasteiger partial charge >= 0.3 is 6.03 Å². The van der Waals surface area contributed by atoms with Crippen LogP contribution < -0.4 is 10.6 Å². The van der Waals surface area contributed by atoms with Crippen LogP contribution in [0.4, 0.5) is 10.5 Å². The molecule has 0 aliphatic carbocycles. The van der Waals surface area contributed by atoms with Crippen LogP contribution in [0.3, 0.4) is 0 Å². The van der Waals surface area contributed by atoms with Gasteiger partial charge in [-0.3, -0.25) is 9.20 Å². The highest BCUT2D eigenvalue weighted by Crippen LogP contribution is 2.24. The summed E-state index contributed by atoms with van der Waals surface area (Å²) < 4.78 is 6.94. The second kappa shape index (κ2) is 8.27. The van der Waals surface area contributed by atoms with Crippen molar-refractivity contribution in [2.45, 2.75) is 13.5 Å². The fraction of sp³-hybridized carbons (Fsp3) is 0.190. The van der Waals surface area contributed by atoms with Gasteiger partial charge in [-0.1, -0.05) is 23.4 Å². The molecule has 10 heteroatoms. The average Bonchev–Trinajstić information content (AvgIpc) is 3.40. The molecule has 0 saturated carbocycles. The lowest BCUT2D eigenvalue weighted by Gasteiger charge is -2.10. The summed E-state index contributed by atoms with van der Waals surface area (Å²) in [6.07, 6.45) is 3.33. The average molecular weight is 419 g/mol. The number of pyridine rings is 1. The zero-order valence-corrected chi connectivity index (χ0v) is 17.3. The van der Waals surface area contributed by atoms with Gasteiger partial charge in [0.1, 0.15) is 11.3 Å². The molecule has 10 nitrogen and oxygen atoms in total. The maximum absolute atomic E-state index is 12.8. The fourth-order valence-corrected chi connectivity index (χ4v) is 2.94. The highest BCUT2D eigenvalue weighted by molar-refractivity contribution is 6.04. The molecule has 31 heavy (non-hydrogen) atoms. The molecular weight excluding hydrogens is 398 g/mol. The molecule has 0 aliphatic heterocycles. The van der Waals surface area contributed by atoms with Crippen molar-refractivity contribution in [2.75, 3.05) is 19.4 Å². The number of nitrogens with zero attached hydrogens (tertiary/aromatic N) is 5. The Balaban J connectivity index is 1.52. The van der Waals surface area contributed by atoms with E-state index in [2.05, 4.69) is 25.8 Å². The number of hydrogen-bond donors (Lipinski definition) is 2. The Kier molecular flexibility index (Phi) is 5.35. The monoisotopic (exact) mass is 419 g/mol. The minimum absolute atomic E-state index is 0.119. The number of benzene rings is 1. The van der Waals surface area contributed by atoms with Crippen molar-refractivity contribution < 1.29 is 14.1 Å². The Morgan fingerprint density at radius 1 is 1.19 bits per heavy atom. The van der Waals surface area contributed by atoms with Crippen LogP contribution in [-0.2, 0) is 6.54 Å². The number of aromatic nitrogens is 4. The minimum Gasteiger partial charge on any atom is -0.337 e. The van der Waals surface area contributed by atoms with Gasteiger partial charge in [-0.25, -0.2) is 9.78 Å². The van der Waals surface area contributed by atoms with E-state index in [4.69, 9.17) is 4.52 Å². The van der Waals surface area contributed by atoms with Crippen LogP contribution in [0.25, 0.3) is 17.0 Å². The van der Waals surface area contributed by atoms with Crippen LogP contribution in [0.1, 0.15) is 21.9 Å². The van der Waals surface area contributed by atoms with Gasteiger partial charge in [0.2, 0.25) is 11.7 Å². The van der Waals surface area contributed by atoms with Gasteiger partial charge in [0.25, 0.3) is 5.91 Å². The van der Waals surface area contributed by atoms with Crippen molar-refractivity contribution in [2.24, 2.45) is 0 Å².